The summed E-state index contributed by atoms with van der Waals surface area (Å²) in [6.45, 7) is 6.45. The Morgan fingerprint density at radius 3 is 2.61 bits per heavy atom. The Morgan fingerprint density at radius 1 is 1.17 bits per heavy atom. The van der Waals surface area contributed by atoms with Gasteiger partial charge in [-0.1, -0.05) is 71.2 Å². The average Bonchev–Trinajstić information content (AvgIpc) is 2.87. The van der Waals surface area contributed by atoms with Gasteiger partial charge in [-0.15, -0.1) is 0 Å². The van der Waals surface area contributed by atoms with Crippen molar-refractivity contribution in [2.75, 3.05) is 7.11 Å². The van der Waals surface area contributed by atoms with Crippen LogP contribution < -0.4 is 15.0 Å². The van der Waals surface area contributed by atoms with Crippen molar-refractivity contribution in [2.24, 2.45) is 5.10 Å². The van der Waals surface area contributed by atoms with E-state index in [9.17, 15) is 4.79 Å². The molecule has 1 aromatic heterocycles. The van der Waals surface area contributed by atoms with E-state index >= 15 is 0 Å². The number of halogens is 2. The quantitative estimate of drug-likeness (QED) is 0.213. The molecule has 1 atom stereocenters. The summed E-state index contributed by atoms with van der Waals surface area (Å²) in [5.41, 5.74) is 3.16. The van der Waals surface area contributed by atoms with Crippen LogP contribution in [0.5, 0.6) is 11.5 Å². The second kappa shape index (κ2) is 11.3. The first kappa shape index (κ1) is 25.9. The molecule has 0 amide bonds. The first-order chi connectivity index (χ1) is 17.3. The fourth-order valence-electron chi connectivity index (χ4n) is 3.73. The van der Waals surface area contributed by atoms with Crippen LogP contribution in [0.15, 0.2) is 69.0 Å². The molecule has 1 heterocycles. The maximum atomic E-state index is 13.5. The van der Waals surface area contributed by atoms with E-state index in [0.717, 1.165) is 16.5 Å². The predicted molar refractivity (Wildman–Crippen MR) is 149 cm³/mol. The van der Waals surface area contributed by atoms with Crippen LogP contribution in [0.25, 0.3) is 10.9 Å². The smallest absolute Gasteiger partial charge is 0.282 e. The van der Waals surface area contributed by atoms with Crippen molar-refractivity contribution < 1.29 is 9.47 Å². The first-order valence-electron chi connectivity index (χ1n) is 11.6. The van der Waals surface area contributed by atoms with E-state index < -0.39 is 0 Å². The molecular formula is C28H27BrClN3O3. The highest BCUT2D eigenvalue weighted by Crippen LogP contribution is 2.34. The molecule has 4 rings (SSSR count). The maximum absolute atomic E-state index is 13.5. The zero-order valence-corrected chi connectivity index (χ0v) is 22.9. The normalized spacial score (nSPS) is 12.3. The van der Waals surface area contributed by atoms with Gasteiger partial charge in [0.15, 0.2) is 11.5 Å². The van der Waals surface area contributed by atoms with Crippen molar-refractivity contribution in [2.45, 2.75) is 39.7 Å². The zero-order valence-electron chi connectivity index (χ0n) is 20.6. The number of ether oxygens (including phenoxy) is 2. The fourth-order valence-corrected chi connectivity index (χ4v) is 4.31. The minimum Gasteiger partial charge on any atom is -0.493 e. The van der Waals surface area contributed by atoms with Gasteiger partial charge < -0.3 is 9.47 Å². The summed E-state index contributed by atoms with van der Waals surface area (Å²) in [5.74, 6) is 1.57. The van der Waals surface area contributed by atoms with Gasteiger partial charge in [0.05, 0.1) is 24.2 Å². The molecule has 0 aliphatic carbocycles. The number of fused-ring (bicyclic) bond motifs is 1. The number of hydrogen-bond donors (Lipinski definition) is 0. The van der Waals surface area contributed by atoms with Gasteiger partial charge in [-0.3, -0.25) is 4.79 Å². The molecule has 4 aromatic rings. The van der Waals surface area contributed by atoms with Crippen LogP contribution in [-0.4, -0.2) is 23.0 Å². The molecule has 186 valence electrons. The van der Waals surface area contributed by atoms with Gasteiger partial charge in [-0.25, -0.2) is 4.98 Å². The summed E-state index contributed by atoms with van der Waals surface area (Å²) in [6, 6.07) is 17.0. The molecule has 0 aliphatic rings. The first-order valence-corrected chi connectivity index (χ1v) is 12.8. The van der Waals surface area contributed by atoms with Gasteiger partial charge in [0.1, 0.15) is 12.4 Å². The van der Waals surface area contributed by atoms with Crippen molar-refractivity contribution in [3.8, 4) is 11.5 Å². The third-order valence-corrected chi connectivity index (χ3v) is 6.68. The third-order valence-electron chi connectivity index (χ3n) is 5.97. The summed E-state index contributed by atoms with van der Waals surface area (Å²) < 4.78 is 13.9. The van der Waals surface area contributed by atoms with Crippen molar-refractivity contribution >= 4 is 44.6 Å². The van der Waals surface area contributed by atoms with Crippen molar-refractivity contribution in [1.82, 2.24) is 9.66 Å². The Bertz CT molecular complexity index is 1480. The second-order valence-electron chi connectivity index (χ2n) is 8.60. The Hall–Kier alpha value is -3.16. The summed E-state index contributed by atoms with van der Waals surface area (Å²) >= 11 is 9.81. The number of aryl methyl sites for hydroxylation is 1. The van der Waals surface area contributed by atoms with Crippen molar-refractivity contribution in [3.63, 3.8) is 0 Å². The summed E-state index contributed by atoms with van der Waals surface area (Å²) in [5, 5.41) is 5.52. The topological polar surface area (TPSA) is 65.7 Å². The largest absolute Gasteiger partial charge is 0.493 e. The molecule has 0 bridgehead atoms. The molecule has 0 unspecified atom stereocenters. The SMILES string of the molecule is CC[C@H](C)c1nc2ccc(Br)cc2c(=O)n1N=Cc1cc(Cl)cc(OC)c1OCc1ccc(C)cc1. The zero-order chi connectivity index (χ0) is 25.8. The standard InChI is InChI=1S/C28H27BrClN3O3/c1-5-18(3)27-32-24-11-10-21(29)13-23(24)28(34)33(27)31-15-20-12-22(30)14-25(35-4)26(20)36-16-19-8-6-17(2)7-9-19/h6-15,18H,5,16H2,1-4H3/t18-/m0/s1. The van der Waals surface area contributed by atoms with Crippen LogP contribution in [0.4, 0.5) is 0 Å². The lowest BCUT2D eigenvalue weighted by atomic mass is 10.1. The lowest BCUT2D eigenvalue weighted by Crippen LogP contribution is -2.23. The number of aromatic nitrogens is 2. The van der Waals surface area contributed by atoms with Gasteiger partial charge >= 0.3 is 0 Å². The van der Waals surface area contributed by atoms with Crippen LogP contribution in [0.1, 0.15) is 48.7 Å². The lowest BCUT2D eigenvalue weighted by Gasteiger charge is -2.16. The minimum absolute atomic E-state index is 0.0223. The Labute approximate surface area is 223 Å². The van der Waals surface area contributed by atoms with E-state index in [2.05, 4.69) is 28.0 Å². The Balaban J connectivity index is 1.80. The van der Waals surface area contributed by atoms with Crippen LogP contribution in [0.3, 0.4) is 0 Å². The van der Waals surface area contributed by atoms with Crippen molar-refractivity contribution in [3.05, 3.63) is 97.0 Å². The summed E-state index contributed by atoms with van der Waals surface area (Å²) in [4.78, 5) is 18.2. The minimum atomic E-state index is -0.246. The van der Waals surface area contributed by atoms with Gasteiger partial charge in [0, 0.05) is 27.0 Å². The Morgan fingerprint density at radius 2 is 1.92 bits per heavy atom. The monoisotopic (exact) mass is 567 g/mol. The Kier molecular flexibility index (Phi) is 8.11. The molecule has 8 heteroatoms. The van der Waals surface area contributed by atoms with E-state index in [-0.39, 0.29) is 11.5 Å². The average molecular weight is 569 g/mol. The van der Waals surface area contributed by atoms with Crippen LogP contribution in [-0.2, 0) is 6.61 Å². The molecule has 0 saturated heterocycles. The van der Waals surface area contributed by atoms with E-state index in [1.165, 1.54) is 10.2 Å². The van der Waals surface area contributed by atoms with Crippen molar-refractivity contribution in [1.29, 1.82) is 0 Å². The highest BCUT2D eigenvalue weighted by atomic mass is 79.9. The fraction of sp³-hybridized carbons (Fsp3) is 0.250. The van der Waals surface area contributed by atoms with Gasteiger partial charge in [0.25, 0.3) is 5.56 Å². The molecule has 0 N–H and O–H groups in total. The molecular weight excluding hydrogens is 542 g/mol. The molecule has 0 aliphatic heterocycles. The van der Waals surface area contributed by atoms with Crippen LogP contribution in [0.2, 0.25) is 5.02 Å². The third kappa shape index (κ3) is 5.63. The van der Waals surface area contributed by atoms with Gasteiger partial charge in [-0.05, 0) is 43.2 Å². The predicted octanol–water partition coefficient (Wildman–Crippen LogP) is 7.10. The van der Waals surface area contributed by atoms with Gasteiger partial charge in [-0.2, -0.15) is 9.78 Å². The highest BCUT2D eigenvalue weighted by Gasteiger charge is 2.17. The van der Waals surface area contributed by atoms with E-state index in [1.54, 1.807) is 31.5 Å². The molecule has 3 aromatic carbocycles. The van der Waals surface area contributed by atoms with Gasteiger partial charge in [0.2, 0.25) is 0 Å². The highest BCUT2D eigenvalue weighted by molar-refractivity contribution is 9.10. The number of benzene rings is 3. The van der Waals surface area contributed by atoms with E-state index in [4.69, 9.17) is 26.1 Å². The molecule has 0 fully saturated rings. The van der Waals surface area contributed by atoms with E-state index in [1.807, 2.05) is 50.2 Å². The number of nitrogens with zero attached hydrogens (tertiary/aromatic N) is 3. The molecule has 0 radical (unpaired) electrons. The number of hydrogen-bond acceptors (Lipinski definition) is 5. The molecule has 0 saturated carbocycles. The lowest BCUT2D eigenvalue weighted by molar-refractivity contribution is 0.284. The molecule has 36 heavy (non-hydrogen) atoms. The van der Waals surface area contributed by atoms with Crippen LogP contribution >= 0.6 is 27.5 Å². The summed E-state index contributed by atoms with van der Waals surface area (Å²) in [6.07, 6.45) is 2.37. The van der Waals surface area contributed by atoms with Crippen LogP contribution in [0, 0.1) is 6.92 Å². The maximum Gasteiger partial charge on any atom is 0.282 e. The molecule has 0 spiro atoms. The molecule has 6 nitrogen and oxygen atoms in total. The van der Waals surface area contributed by atoms with E-state index in [0.29, 0.717) is 45.4 Å². The summed E-state index contributed by atoms with van der Waals surface area (Å²) in [7, 11) is 1.56. The number of methoxy groups -OCH3 is 1. The second-order valence-corrected chi connectivity index (χ2v) is 9.96. The number of rotatable bonds is 8.